The van der Waals surface area contributed by atoms with Gasteiger partial charge < -0.3 is 15.7 Å². The summed E-state index contributed by atoms with van der Waals surface area (Å²) in [5.41, 5.74) is 2.25. The predicted molar refractivity (Wildman–Crippen MR) is 110 cm³/mol. The first kappa shape index (κ1) is 21.0. The molecule has 8 heteroatoms. The summed E-state index contributed by atoms with van der Waals surface area (Å²) in [7, 11) is 0. The maximum Gasteiger partial charge on any atom is 0.254 e. The maximum absolute atomic E-state index is 13.2. The van der Waals surface area contributed by atoms with Crippen LogP contribution >= 0.6 is 0 Å². The van der Waals surface area contributed by atoms with E-state index in [1.54, 1.807) is 28.9 Å². The molecule has 0 fully saturated rings. The van der Waals surface area contributed by atoms with E-state index in [2.05, 4.69) is 15.7 Å². The van der Waals surface area contributed by atoms with Crippen LogP contribution in [0.1, 0.15) is 39.8 Å². The molecular formula is C22H23FN4O3. The van der Waals surface area contributed by atoms with E-state index in [1.165, 1.54) is 30.5 Å². The summed E-state index contributed by atoms with van der Waals surface area (Å²) in [6.07, 6.45) is 2.63. The molecule has 7 nitrogen and oxygen atoms in total. The van der Waals surface area contributed by atoms with Crippen LogP contribution in [-0.4, -0.2) is 39.8 Å². The number of aromatic nitrogens is 2. The van der Waals surface area contributed by atoms with Crippen molar-refractivity contribution in [1.29, 1.82) is 0 Å². The maximum atomic E-state index is 13.2. The van der Waals surface area contributed by atoms with Crippen LogP contribution in [-0.2, 0) is 6.42 Å². The van der Waals surface area contributed by atoms with Crippen molar-refractivity contribution in [3.63, 3.8) is 0 Å². The third-order valence-corrected chi connectivity index (χ3v) is 4.55. The van der Waals surface area contributed by atoms with Gasteiger partial charge in [-0.2, -0.15) is 5.10 Å². The van der Waals surface area contributed by atoms with Gasteiger partial charge in [-0.05, 0) is 55.3 Å². The second kappa shape index (κ2) is 9.69. The van der Waals surface area contributed by atoms with Crippen molar-refractivity contribution >= 4 is 11.8 Å². The molecule has 30 heavy (non-hydrogen) atoms. The zero-order valence-corrected chi connectivity index (χ0v) is 16.6. The fraction of sp³-hybridized carbons (Fsp3) is 0.227. The van der Waals surface area contributed by atoms with Gasteiger partial charge in [0.2, 0.25) is 0 Å². The molecule has 0 saturated carbocycles. The van der Waals surface area contributed by atoms with Gasteiger partial charge in [-0.3, -0.25) is 9.59 Å². The molecule has 3 rings (SSSR count). The summed E-state index contributed by atoms with van der Waals surface area (Å²) in [5, 5.41) is 19.3. The van der Waals surface area contributed by atoms with E-state index >= 15 is 0 Å². The smallest absolute Gasteiger partial charge is 0.254 e. The van der Waals surface area contributed by atoms with E-state index in [4.69, 9.17) is 0 Å². The number of carbonyl (C=O) groups is 2. The lowest BCUT2D eigenvalue weighted by Crippen LogP contribution is -2.30. The summed E-state index contributed by atoms with van der Waals surface area (Å²) in [6.45, 7) is 2.68. The highest BCUT2D eigenvalue weighted by molar-refractivity contribution is 5.95. The minimum atomic E-state index is -0.335. The number of carbonyl (C=O) groups excluding carboxylic acids is 2. The third kappa shape index (κ3) is 5.02. The van der Waals surface area contributed by atoms with Crippen LogP contribution in [0.25, 0.3) is 5.69 Å². The van der Waals surface area contributed by atoms with Crippen LogP contribution in [0.4, 0.5) is 4.39 Å². The van der Waals surface area contributed by atoms with Crippen molar-refractivity contribution < 1.29 is 19.1 Å². The van der Waals surface area contributed by atoms with Gasteiger partial charge in [0.1, 0.15) is 11.6 Å². The van der Waals surface area contributed by atoms with Crippen LogP contribution in [0.3, 0.4) is 0 Å². The number of rotatable bonds is 8. The largest absolute Gasteiger partial charge is 0.508 e. The molecule has 1 heterocycles. The minimum Gasteiger partial charge on any atom is -0.508 e. The number of amides is 2. The zero-order valence-electron chi connectivity index (χ0n) is 16.6. The normalized spacial score (nSPS) is 10.6. The van der Waals surface area contributed by atoms with Gasteiger partial charge in [-0.25, -0.2) is 9.07 Å². The van der Waals surface area contributed by atoms with Crippen molar-refractivity contribution in [3.05, 3.63) is 77.4 Å². The van der Waals surface area contributed by atoms with Crippen molar-refractivity contribution in [2.45, 2.75) is 19.8 Å². The standard InChI is InChI=1S/C22H23FN4O3/c1-2-20-19(14-26-27(20)17-9-7-16(23)8-10-17)22(30)25-12-4-11-24-21(29)15-5-3-6-18(28)13-15/h3,5-10,13-14,28H,2,4,11-12H2,1H3,(H,24,29)(H,25,30). The molecule has 0 radical (unpaired) electrons. The molecule has 0 spiro atoms. The topological polar surface area (TPSA) is 96.2 Å². The van der Waals surface area contributed by atoms with E-state index in [-0.39, 0.29) is 23.4 Å². The van der Waals surface area contributed by atoms with E-state index in [0.29, 0.717) is 42.7 Å². The molecule has 0 saturated heterocycles. The van der Waals surface area contributed by atoms with Crippen LogP contribution in [0, 0.1) is 5.82 Å². The number of hydrogen-bond donors (Lipinski definition) is 3. The first-order chi connectivity index (χ1) is 14.5. The second-order valence-electron chi connectivity index (χ2n) is 6.66. The molecule has 1 aromatic heterocycles. The summed E-state index contributed by atoms with van der Waals surface area (Å²) in [4.78, 5) is 24.6. The zero-order chi connectivity index (χ0) is 21.5. The SMILES string of the molecule is CCc1c(C(=O)NCCCNC(=O)c2cccc(O)c2)cnn1-c1ccc(F)cc1. The lowest BCUT2D eigenvalue weighted by molar-refractivity contribution is 0.0951. The highest BCUT2D eigenvalue weighted by Gasteiger charge is 2.17. The monoisotopic (exact) mass is 410 g/mol. The Morgan fingerprint density at radius 3 is 2.43 bits per heavy atom. The summed E-state index contributed by atoms with van der Waals surface area (Å²) in [5.74, 6) is -0.841. The van der Waals surface area contributed by atoms with E-state index in [0.717, 1.165) is 5.69 Å². The van der Waals surface area contributed by atoms with Gasteiger partial charge in [-0.1, -0.05) is 13.0 Å². The Morgan fingerprint density at radius 1 is 1.07 bits per heavy atom. The number of halogens is 1. The molecule has 0 atom stereocenters. The molecule has 3 N–H and O–H groups in total. The van der Waals surface area contributed by atoms with Crippen LogP contribution in [0.5, 0.6) is 5.75 Å². The van der Waals surface area contributed by atoms with Gasteiger partial charge >= 0.3 is 0 Å². The molecule has 0 aliphatic rings. The highest BCUT2D eigenvalue weighted by Crippen LogP contribution is 2.16. The quantitative estimate of drug-likeness (QED) is 0.498. The number of hydrogen-bond acceptors (Lipinski definition) is 4. The molecule has 0 bridgehead atoms. The number of phenolic OH excluding ortho intramolecular Hbond substituents is 1. The van der Waals surface area contributed by atoms with Gasteiger partial charge in [-0.15, -0.1) is 0 Å². The van der Waals surface area contributed by atoms with Crippen molar-refractivity contribution in [2.24, 2.45) is 0 Å². The molecule has 3 aromatic rings. The van der Waals surface area contributed by atoms with Gasteiger partial charge in [0.15, 0.2) is 0 Å². The Labute approximate surface area is 173 Å². The molecular weight excluding hydrogens is 387 g/mol. The van der Waals surface area contributed by atoms with Crippen molar-refractivity contribution in [1.82, 2.24) is 20.4 Å². The molecule has 156 valence electrons. The number of nitrogens with zero attached hydrogens (tertiary/aromatic N) is 2. The average Bonchev–Trinajstić information content (AvgIpc) is 3.18. The fourth-order valence-corrected chi connectivity index (χ4v) is 3.05. The van der Waals surface area contributed by atoms with Gasteiger partial charge in [0, 0.05) is 18.7 Å². The number of aromatic hydroxyl groups is 1. The lowest BCUT2D eigenvalue weighted by Gasteiger charge is -2.09. The Morgan fingerprint density at radius 2 is 1.77 bits per heavy atom. The van der Waals surface area contributed by atoms with Crippen LogP contribution < -0.4 is 10.6 Å². The average molecular weight is 410 g/mol. The number of benzene rings is 2. The van der Waals surface area contributed by atoms with Crippen LogP contribution in [0.2, 0.25) is 0 Å². The summed E-state index contributed by atoms with van der Waals surface area (Å²) in [6, 6.07) is 12.0. The Bertz CT molecular complexity index is 1030. The minimum absolute atomic E-state index is 0.0304. The van der Waals surface area contributed by atoms with Crippen LogP contribution in [0.15, 0.2) is 54.7 Å². The molecule has 0 aliphatic carbocycles. The first-order valence-electron chi connectivity index (χ1n) is 9.68. The Hall–Kier alpha value is -3.68. The third-order valence-electron chi connectivity index (χ3n) is 4.55. The number of phenols is 1. The second-order valence-corrected chi connectivity index (χ2v) is 6.66. The Balaban J connectivity index is 1.51. The van der Waals surface area contributed by atoms with E-state index < -0.39 is 0 Å². The van der Waals surface area contributed by atoms with E-state index in [9.17, 15) is 19.1 Å². The lowest BCUT2D eigenvalue weighted by atomic mass is 10.2. The van der Waals surface area contributed by atoms with Gasteiger partial charge in [0.05, 0.1) is 23.1 Å². The molecule has 2 aromatic carbocycles. The van der Waals surface area contributed by atoms with E-state index in [1.807, 2.05) is 6.92 Å². The molecule has 0 aliphatic heterocycles. The van der Waals surface area contributed by atoms with Gasteiger partial charge in [0.25, 0.3) is 11.8 Å². The number of nitrogens with one attached hydrogen (secondary N) is 2. The fourth-order valence-electron chi connectivity index (χ4n) is 3.05. The van der Waals surface area contributed by atoms with Crippen molar-refractivity contribution in [2.75, 3.05) is 13.1 Å². The van der Waals surface area contributed by atoms with Crippen molar-refractivity contribution in [3.8, 4) is 11.4 Å². The summed E-state index contributed by atoms with van der Waals surface area (Å²) < 4.78 is 14.8. The highest BCUT2D eigenvalue weighted by atomic mass is 19.1. The molecule has 2 amide bonds. The first-order valence-corrected chi connectivity index (χ1v) is 9.68. The molecule has 0 unspecified atom stereocenters. The summed E-state index contributed by atoms with van der Waals surface area (Å²) >= 11 is 0. The predicted octanol–water partition coefficient (Wildman–Crippen LogP) is 2.83. The Kier molecular flexibility index (Phi) is 6.79.